The van der Waals surface area contributed by atoms with Crippen molar-refractivity contribution < 1.29 is 24.2 Å². The summed E-state index contributed by atoms with van der Waals surface area (Å²) in [6.07, 6.45) is 0.996. The van der Waals surface area contributed by atoms with Crippen molar-refractivity contribution in [2.45, 2.75) is 26.2 Å². The number of nitro benzene ring substituents is 2. The summed E-state index contributed by atoms with van der Waals surface area (Å²) in [4.78, 5) is 44.0. The van der Waals surface area contributed by atoms with E-state index in [1.807, 2.05) is 17.6 Å². The molecule has 1 atom stereocenters. The van der Waals surface area contributed by atoms with E-state index in [1.54, 1.807) is 12.1 Å². The van der Waals surface area contributed by atoms with E-state index in [1.165, 1.54) is 0 Å². The highest BCUT2D eigenvalue weighted by atomic mass is 16.6. The Hall–Kier alpha value is -4.02. The summed E-state index contributed by atoms with van der Waals surface area (Å²) in [5.74, 6) is -0.762. The fourth-order valence-electron chi connectivity index (χ4n) is 2.45. The maximum absolute atomic E-state index is 12.1. The van der Waals surface area contributed by atoms with Crippen molar-refractivity contribution in [2.75, 3.05) is 6.61 Å². The van der Waals surface area contributed by atoms with E-state index in [4.69, 9.17) is 4.74 Å². The number of hydrazine groups is 1. The van der Waals surface area contributed by atoms with Crippen molar-refractivity contribution in [1.29, 1.82) is 0 Å². The van der Waals surface area contributed by atoms with Gasteiger partial charge in [0.15, 0.2) is 6.61 Å². The summed E-state index contributed by atoms with van der Waals surface area (Å²) in [5, 5.41) is 21.8. The molecule has 30 heavy (non-hydrogen) atoms. The monoisotopic (exact) mass is 416 g/mol. The summed E-state index contributed by atoms with van der Waals surface area (Å²) in [7, 11) is 0. The minimum atomic E-state index is -0.951. The van der Waals surface area contributed by atoms with Gasteiger partial charge in [0.25, 0.3) is 23.2 Å². The predicted molar refractivity (Wildman–Crippen MR) is 106 cm³/mol. The van der Waals surface area contributed by atoms with Crippen molar-refractivity contribution in [3.05, 3.63) is 73.8 Å². The smallest absolute Gasteiger partial charge is 0.277 e. The van der Waals surface area contributed by atoms with Gasteiger partial charge in [-0.25, -0.2) is 0 Å². The van der Waals surface area contributed by atoms with Crippen molar-refractivity contribution in [3.63, 3.8) is 0 Å². The van der Waals surface area contributed by atoms with Crippen LogP contribution >= 0.6 is 0 Å². The second-order valence-electron chi connectivity index (χ2n) is 6.42. The molecule has 0 saturated carbocycles. The minimum Gasteiger partial charge on any atom is -0.484 e. The quantitative estimate of drug-likeness (QED) is 0.495. The Labute approximate surface area is 171 Å². The number of nitro groups is 2. The summed E-state index contributed by atoms with van der Waals surface area (Å²) < 4.78 is 5.33. The average Bonchev–Trinajstić information content (AvgIpc) is 2.75. The Bertz CT molecular complexity index is 928. The predicted octanol–water partition coefficient (Wildman–Crippen LogP) is 2.86. The lowest BCUT2D eigenvalue weighted by Crippen LogP contribution is -2.43. The van der Waals surface area contributed by atoms with Crippen molar-refractivity contribution in [1.82, 2.24) is 10.9 Å². The summed E-state index contributed by atoms with van der Waals surface area (Å²) in [6, 6.07) is 9.73. The summed E-state index contributed by atoms with van der Waals surface area (Å²) in [6.45, 7) is 3.79. The summed E-state index contributed by atoms with van der Waals surface area (Å²) in [5.41, 5.74) is 3.67. The molecule has 0 aliphatic heterocycles. The SMILES string of the molecule is CCC(C)c1ccc(OCC(=O)NNC(=O)c2cc([N+](=O)[O-])cc([N+](=O)[O-])c2)cc1. The molecule has 0 radical (unpaired) electrons. The van der Waals surface area contributed by atoms with E-state index >= 15 is 0 Å². The Morgan fingerprint density at radius 1 is 1.00 bits per heavy atom. The Morgan fingerprint density at radius 3 is 2.07 bits per heavy atom. The molecule has 0 aliphatic rings. The molecule has 0 saturated heterocycles. The van der Waals surface area contributed by atoms with Crippen LogP contribution in [-0.4, -0.2) is 28.3 Å². The van der Waals surface area contributed by atoms with Gasteiger partial charge in [-0.1, -0.05) is 26.0 Å². The maximum atomic E-state index is 12.1. The van der Waals surface area contributed by atoms with Crippen molar-refractivity contribution in [2.24, 2.45) is 0 Å². The Kier molecular flexibility index (Phi) is 7.39. The van der Waals surface area contributed by atoms with Crippen LogP contribution in [-0.2, 0) is 4.79 Å². The summed E-state index contributed by atoms with van der Waals surface area (Å²) >= 11 is 0. The minimum absolute atomic E-state index is 0.349. The molecule has 0 heterocycles. The molecule has 158 valence electrons. The molecule has 2 aromatic carbocycles. The number of ether oxygens (including phenoxy) is 1. The topological polar surface area (TPSA) is 154 Å². The maximum Gasteiger partial charge on any atom is 0.277 e. The lowest BCUT2D eigenvalue weighted by atomic mass is 9.99. The van der Waals surface area contributed by atoms with Gasteiger partial charge in [-0.2, -0.15) is 0 Å². The van der Waals surface area contributed by atoms with E-state index in [0.717, 1.165) is 30.2 Å². The fraction of sp³-hybridized carbons (Fsp3) is 0.263. The first kappa shape index (κ1) is 22.3. The zero-order valence-electron chi connectivity index (χ0n) is 16.3. The highest BCUT2D eigenvalue weighted by Gasteiger charge is 2.20. The second-order valence-corrected chi connectivity index (χ2v) is 6.42. The van der Waals surface area contributed by atoms with Crippen LogP contribution in [0.25, 0.3) is 0 Å². The van der Waals surface area contributed by atoms with Crippen LogP contribution in [0.5, 0.6) is 5.75 Å². The first-order valence-corrected chi connectivity index (χ1v) is 8.97. The molecule has 11 heteroatoms. The van der Waals surface area contributed by atoms with Crippen LogP contribution < -0.4 is 15.6 Å². The number of hydrogen-bond donors (Lipinski definition) is 2. The molecule has 0 fully saturated rings. The Morgan fingerprint density at radius 2 is 1.57 bits per heavy atom. The number of nitrogens with zero attached hydrogens (tertiary/aromatic N) is 2. The first-order chi connectivity index (χ1) is 14.2. The molecular formula is C19H20N4O7. The average molecular weight is 416 g/mol. The van der Waals surface area contributed by atoms with Gasteiger partial charge in [-0.3, -0.25) is 40.7 Å². The third-order valence-corrected chi connectivity index (χ3v) is 4.33. The van der Waals surface area contributed by atoms with E-state index in [9.17, 15) is 29.8 Å². The first-order valence-electron chi connectivity index (χ1n) is 8.97. The molecule has 2 aromatic rings. The van der Waals surface area contributed by atoms with Gasteiger partial charge in [0.05, 0.1) is 21.5 Å². The van der Waals surface area contributed by atoms with Crippen LogP contribution in [0.15, 0.2) is 42.5 Å². The molecule has 0 spiro atoms. The number of nitrogens with one attached hydrogen (secondary N) is 2. The number of carbonyl (C=O) groups is 2. The zero-order valence-corrected chi connectivity index (χ0v) is 16.3. The van der Waals surface area contributed by atoms with Crippen LogP contribution in [0.1, 0.15) is 42.1 Å². The largest absolute Gasteiger partial charge is 0.484 e. The second kappa shape index (κ2) is 9.96. The van der Waals surface area contributed by atoms with Gasteiger partial charge < -0.3 is 4.74 Å². The fourth-order valence-corrected chi connectivity index (χ4v) is 2.45. The van der Waals surface area contributed by atoms with Crippen molar-refractivity contribution >= 4 is 23.2 Å². The third-order valence-electron chi connectivity index (χ3n) is 4.33. The van der Waals surface area contributed by atoms with E-state index < -0.39 is 39.6 Å². The molecule has 0 aromatic heterocycles. The third kappa shape index (κ3) is 5.99. The molecule has 11 nitrogen and oxygen atoms in total. The number of benzene rings is 2. The molecule has 2 amide bonds. The number of amides is 2. The van der Waals surface area contributed by atoms with E-state index in [-0.39, 0.29) is 5.56 Å². The standard InChI is InChI=1S/C19H20N4O7/c1-3-12(2)13-4-6-17(7-5-13)30-11-18(24)20-21-19(25)14-8-15(22(26)27)10-16(9-14)23(28)29/h4-10,12H,3,11H2,1-2H3,(H,20,24)(H,21,25). The molecule has 1 unspecified atom stereocenters. The van der Waals surface area contributed by atoms with Crippen LogP contribution in [0.3, 0.4) is 0 Å². The zero-order chi connectivity index (χ0) is 22.3. The van der Waals surface area contributed by atoms with Gasteiger partial charge in [0.1, 0.15) is 5.75 Å². The van der Waals surface area contributed by atoms with E-state index in [2.05, 4.69) is 19.3 Å². The molecular weight excluding hydrogens is 396 g/mol. The number of carbonyl (C=O) groups excluding carboxylic acids is 2. The van der Waals surface area contributed by atoms with Gasteiger partial charge >= 0.3 is 0 Å². The molecule has 0 aliphatic carbocycles. The molecule has 2 N–H and O–H groups in total. The van der Waals surface area contributed by atoms with Crippen LogP contribution in [0, 0.1) is 20.2 Å². The number of non-ortho nitro benzene ring substituents is 2. The van der Waals surface area contributed by atoms with Crippen LogP contribution in [0.2, 0.25) is 0 Å². The lowest BCUT2D eigenvalue weighted by molar-refractivity contribution is -0.394. The highest BCUT2D eigenvalue weighted by molar-refractivity contribution is 5.96. The van der Waals surface area contributed by atoms with Crippen molar-refractivity contribution in [3.8, 4) is 5.75 Å². The molecule has 2 rings (SSSR count). The molecule has 0 bridgehead atoms. The van der Waals surface area contributed by atoms with E-state index in [0.29, 0.717) is 11.7 Å². The lowest BCUT2D eigenvalue weighted by Gasteiger charge is -2.11. The van der Waals surface area contributed by atoms with Gasteiger partial charge in [0.2, 0.25) is 0 Å². The van der Waals surface area contributed by atoms with Gasteiger partial charge in [-0.15, -0.1) is 0 Å². The Balaban J connectivity index is 1.92. The van der Waals surface area contributed by atoms with Gasteiger partial charge in [0, 0.05) is 12.1 Å². The normalized spacial score (nSPS) is 11.3. The van der Waals surface area contributed by atoms with Crippen LogP contribution in [0.4, 0.5) is 11.4 Å². The van der Waals surface area contributed by atoms with Gasteiger partial charge in [-0.05, 0) is 30.0 Å². The number of rotatable bonds is 8. The number of hydrogen-bond acceptors (Lipinski definition) is 7. The highest BCUT2D eigenvalue weighted by Crippen LogP contribution is 2.23.